The summed E-state index contributed by atoms with van der Waals surface area (Å²) < 4.78 is 5.74. The fraction of sp³-hybridized carbons (Fsp3) is 0.714. The largest absolute Gasteiger partial charge is 0.383 e. The number of nitrogens with zero attached hydrogens (tertiary/aromatic N) is 3. The Labute approximate surface area is 115 Å². The molecule has 0 aromatic carbocycles. The maximum Gasteiger partial charge on any atom is 0.137 e. The number of morpholine rings is 1. The van der Waals surface area contributed by atoms with Gasteiger partial charge in [0.15, 0.2) is 0 Å². The van der Waals surface area contributed by atoms with Crippen molar-refractivity contribution in [2.24, 2.45) is 0 Å². The Morgan fingerprint density at radius 3 is 2.74 bits per heavy atom. The number of nitrogen functional groups attached to an aromatic ring is 1. The predicted octanol–water partition coefficient (Wildman–Crippen LogP) is 1.93. The van der Waals surface area contributed by atoms with Gasteiger partial charge in [0.25, 0.3) is 0 Å². The summed E-state index contributed by atoms with van der Waals surface area (Å²) in [6.07, 6.45) is 2.06. The van der Waals surface area contributed by atoms with E-state index in [4.69, 9.17) is 10.5 Å². The van der Waals surface area contributed by atoms with E-state index in [0.717, 1.165) is 43.2 Å². The Balaban J connectivity index is 2.40. The first-order chi connectivity index (χ1) is 9.06. The van der Waals surface area contributed by atoms with Gasteiger partial charge in [-0.3, -0.25) is 0 Å². The average molecular weight is 264 g/mol. The first-order valence-electron chi connectivity index (χ1n) is 7.08. The summed E-state index contributed by atoms with van der Waals surface area (Å²) in [7, 11) is 0. The highest BCUT2D eigenvalue weighted by Gasteiger charge is 2.28. The van der Waals surface area contributed by atoms with Gasteiger partial charge >= 0.3 is 0 Å². The standard InChI is InChI=1S/C14H24N4O/c1-5-11-8-19-9(3)7-18(11)14-10(4)13(15)16-12(6-2)17-14/h9,11H,5-8H2,1-4H3,(H2,15,16,17). The number of aromatic nitrogens is 2. The third kappa shape index (κ3) is 2.81. The zero-order valence-electron chi connectivity index (χ0n) is 12.3. The van der Waals surface area contributed by atoms with Gasteiger partial charge < -0.3 is 15.4 Å². The van der Waals surface area contributed by atoms with Crippen LogP contribution in [-0.2, 0) is 11.2 Å². The van der Waals surface area contributed by atoms with Crippen LogP contribution in [0.25, 0.3) is 0 Å². The van der Waals surface area contributed by atoms with Gasteiger partial charge in [0.05, 0.1) is 18.8 Å². The molecule has 2 N–H and O–H groups in total. The molecule has 2 rings (SSSR count). The van der Waals surface area contributed by atoms with Crippen LogP contribution in [0.2, 0.25) is 0 Å². The van der Waals surface area contributed by atoms with Gasteiger partial charge in [-0.05, 0) is 20.3 Å². The predicted molar refractivity (Wildman–Crippen MR) is 77.4 cm³/mol. The summed E-state index contributed by atoms with van der Waals surface area (Å²) in [6, 6.07) is 0.369. The van der Waals surface area contributed by atoms with Gasteiger partial charge in [-0.25, -0.2) is 9.97 Å². The molecule has 1 aliphatic rings. The lowest BCUT2D eigenvalue weighted by Gasteiger charge is -2.40. The van der Waals surface area contributed by atoms with Crippen molar-refractivity contribution in [1.82, 2.24) is 9.97 Å². The van der Waals surface area contributed by atoms with Crippen molar-refractivity contribution < 1.29 is 4.74 Å². The number of aryl methyl sites for hydroxylation is 1. The fourth-order valence-corrected chi connectivity index (χ4v) is 2.45. The molecular weight excluding hydrogens is 240 g/mol. The van der Waals surface area contributed by atoms with E-state index in [2.05, 4.69) is 28.7 Å². The molecule has 2 atom stereocenters. The van der Waals surface area contributed by atoms with Crippen LogP contribution in [0.5, 0.6) is 0 Å². The Bertz CT molecular complexity index is 449. The highest BCUT2D eigenvalue weighted by molar-refractivity contribution is 5.57. The molecule has 2 unspecified atom stereocenters. The van der Waals surface area contributed by atoms with Gasteiger partial charge in [-0.15, -0.1) is 0 Å². The smallest absolute Gasteiger partial charge is 0.137 e. The normalized spacial score (nSPS) is 23.7. The summed E-state index contributed by atoms with van der Waals surface area (Å²) in [5.74, 6) is 2.38. The third-order valence-corrected chi connectivity index (χ3v) is 3.73. The van der Waals surface area contributed by atoms with Crippen LogP contribution in [0.4, 0.5) is 11.6 Å². The van der Waals surface area contributed by atoms with E-state index >= 15 is 0 Å². The van der Waals surface area contributed by atoms with Crippen LogP contribution in [0.3, 0.4) is 0 Å². The van der Waals surface area contributed by atoms with E-state index in [1.165, 1.54) is 0 Å². The van der Waals surface area contributed by atoms with Crippen molar-refractivity contribution in [3.63, 3.8) is 0 Å². The van der Waals surface area contributed by atoms with Gasteiger partial charge in [0, 0.05) is 18.5 Å². The van der Waals surface area contributed by atoms with E-state index in [1.54, 1.807) is 0 Å². The van der Waals surface area contributed by atoms with E-state index in [0.29, 0.717) is 11.9 Å². The van der Waals surface area contributed by atoms with Crippen LogP contribution >= 0.6 is 0 Å². The van der Waals surface area contributed by atoms with Crippen molar-refractivity contribution in [1.29, 1.82) is 0 Å². The molecular formula is C14H24N4O. The molecule has 1 saturated heterocycles. The topological polar surface area (TPSA) is 64.3 Å². The summed E-state index contributed by atoms with van der Waals surface area (Å²) in [5.41, 5.74) is 6.99. The molecule has 1 aliphatic heterocycles. The second kappa shape index (κ2) is 5.74. The number of ether oxygens (including phenoxy) is 1. The lowest BCUT2D eigenvalue weighted by atomic mass is 10.1. The average Bonchev–Trinajstić information content (AvgIpc) is 2.41. The highest BCUT2D eigenvalue weighted by atomic mass is 16.5. The maximum absolute atomic E-state index is 6.02. The molecule has 1 aromatic heterocycles. The number of anilines is 2. The van der Waals surface area contributed by atoms with Crippen LogP contribution in [0, 0.1) is 6.92 Å². The molecule has 1 fully saturated rings. The number of hydrogen-bond acceptors (Lipinski definition) is 5. The number of nitrogens with two attached hydrogens (primary N) is 1. The zero-order chi connectivity index (χ0) is 14.0. The Morgan fingerprint density at radius 2 is 2.11 bits per heavy atom. The van der Waals surface area contributed by atoms with Gasteiger partial charge in [-0.1, -0.05) is 13.8 Å². The summed E-state index contributed by atoms with van der Waals surface area (Å²) >= 11 is 0. The quantitative estimate of drug-likeness (QED) is 0.903. The Morgan fingerprint density at radius 1 is 1.37 bits per heavy atom. The molecule has 0 spiro atoms. The minimum Gasteiger partial charge on any atom is -0.383 e. The van der Waals surface area contributed by atoms with E-state index < -0.39 is 0 Å². The summed E-state index contributed by atoms with van der Waals surface area (Å²) in [4.78, 5) is 11.3. The minimum atomic E-state index is 0.225. The van der Waals surface area contributed by atoms with Crippen LogP contribution in [0.1, 0.15) is 38.6 Å². The molecule has 0 saturated carbocycles. The lowest BCUT2D eigenvalue weighted by Crippen LogP contribution is -2.49. The van der Waals surface area contributed by atoms with Crippen molar-refractivity contribution >= 4 is 11.6 Å². The summed E-state index contributed by atoms with van der Waals surface area (Å²) in [6.45, 7) is 9.93. The van der Waals surface area contributed by atoms with Crippen molar-refractivity contribution in [2.45, 2.75) is 52.7 Å². The first kappa shape index (κ1) is 14.1. The van der Waals surface area contributed by atoms with E-state index in [1.807, 2.05) is 13.8 Å². The van der Waals surface area contributed by atoms with Crippen molar-refractivity contribution in [2.75, 3.05) is 23.8 Å². The maximum atomic E-state index is 6.02. The summed E-state index contributed by atoms with van der Waals surface area (Å²) in [5, 5.41) is 0. The molecule has 19 heavy (non-hydrogen) atoms. The molecule has 5 nitrogen and oxygen atoms in total. The molecule has 0 aliphatic carbocycles. The van der Waals surface area contributed by atoms with Crippen molar-refractivity contribution in [3.8, 4) is 0 Å². The van der Waals surface area contributed by atoms with Gasteiger partial charge in [0.2, 0.25) is 0 Å². The zero-order valence-corrected chi connectivity index (χ0v) is 12.3. The minimum absolute atomic E-state index is 0.225. The SMILES string of the molecule is CCc1nc(N)c(C)c(N2CC(C)OCC2CC)n1. The highest BCUT2D eigenvalue weighted by Crippen LogP contribution is 2.27. The van der Waals surface area contributed by atoms with E-state index in [-0.39, 0.29) is 6.10 Å². The lowest BCUT2D eigenvalue weighted by molar-refractivity contribution is 0.0295. The first-order valence-corrected chi connectivity index (χ1v) is 7.08. The molecule has 0 amide bonds. The molecule has 0 radical (unpaired) electrons. The van der Waals surface area contributed by atoms with Gasteiger partial charge in [0.1, 0.15) is 17.5 Å². The van der Waals surface area contributed by atoms with Crippen molar-refractivity contribution in [3.05, 3.63) is 11.4 Å². The van der Waals surface area contributed by atoms with Crippen LogP contribution in [-0.4, -0.2) is 35.3 Å². The second-order valence-electron chi connectivity index (χ2n) is 5.19. The Hall–Kier alpha value is -1.36. The van der Waals surface area contributed by atoms with Gasteiger partial charge in [-0.2, -0.15) is 0 Å². The molecule has 0 bridgehead atoms. The van der Waals surface area contributed by atoms with Crippen LogP contribution < -0.4 is 10.6 Å². The molecule has 5 heteroatoms. The number of rotatable bonds is 3. The van der Waals surface area contributed by atoms with E-state index in [9.17, 15) is 0 Å². The van der Waals surface area contributed by atoms with Crippen LogP contribution in [0.15, 0.2) is 0 Å². The molecule has 2 heterocycles. The Kier molecular flexibility index (Phi) is 4.24. The molecule has 1 aromatic rings. The molecule has 106 valence electrons. The number of hydrogen-bond donors (Lipinski definition) is 1. The fourth-order valence-electron chi connectivity index (χ4n) is 2.45. The monoisotopic (exact) mass is 264 g/mol. The third-order valence-electron chi connectivity index (χ3n) is 3.73. The second-order valence-corrected chi connectivity index (χ2v) is 5.19.